The van der Waals surface area contributed by atoms with E-state index in [0.717, 1.165) is 32.0 Å². The van der Waals surface area contributed by atoms with Crippen LogP contribution < -0.4 is 5.73 Å². The Morgan fingerprint density at radius 2 is 2.12 bits per heavy atom. The minimum Gasteiger partial charge on any atom is -0.376 e. The summed E-state index contributed by atoms with van der Waals surface area (Å²) in [5.74, 6) is 1.33. The van der Waals surface area contributed by atoms with Crippen LogP contribution in [-0.4, -0.2) is 31.5 Å². The SMILES string of the molecule is CC1CC(C)C(OCC2CCCO2)C(N)C1. The molecule has 2 aliphatic rings. The maximum Gasteiger partial charge on any atom is 0.0809 e. The van der Waals surface area contributed by atoms with Crippen LogP contribution in [0.15, 0.2) is 0 Å². The van der Waals surface area contributed by atoms with Gasteiger partial charge in [0.1, 0.15) is 0 Å². The van der Waals surface area contributed by atoms with Crippen molar-refractivity contribution in [1.82, 2.24) is 0 Å². The van der Waals surface area contributed by atoms with Gasteiger partial charge in [-0.05, 0) is 37.5 Å². The molecule has 16 heavy (non-hydrogen) atoms. The van der Waals surface area contributed by atoms with Gasteiger partial charge in [-0.25, -0.2) is 0 Å². The molecule has 0 aromatic carbocycles. The first-order valence-corrected chi connectivity index (χ1v) is 6.65. The van der Waals surface area contributed by atoms with Crippen LogP contribution in [0.25, 0.3) is 0 Å². The number of ether oxygens (including phenoxy) is 2. The molecule has 1 saturated carbocycles. The molecule has 1 aliphatic heterocycles. The highest BCUT2D eigenvalue weighted by Crippen LogP contribution is 2.30. The van der Waals surface area contributed by atoms with Crippen LogP contribution in [-0.2, 0) is 9.47 Å². The smallest absolute Gasteiger partial charge is 0.0809 e. The Balaban J connectivity index is 1.78. The van der Waals surface area contributed by atoms with E-state index in [9.17, 15) is 0 Å². The van der Waals surface area contributed by atoms with Gasteiger partial charge in [-0.3, -0.25) is 0 Å². The fraction of sp³-hybridized carbons (Fsp3) is 1.00. The molecule has 2 N–H and O–H groups in total. The average Bonchev–Trinajstić information content (AvgIpc) is 2.68. The molecule has 0 amide bonds. The van der Waals surface area contributed by atoms with Crippen LogP contribution in [0.2, 0.25) is 0 Å². The van der Waals surface area contributed by atoms with Gasteiger partial charge < -0.3 is 15.2 Å². The van der Waals surface area contributed by atoms with Crippen LogP contribution >= 0.6 is 0 Å². The van der Waals surface area contributed by atoms with E-state index in [1.807, 2.05) is 0 Å². The second kappa shape index (κ2) is 5.48. The molecule has 3 heteroatoms. The second-order valence-corrected chi connectivity index (χ2v) is 5.65. The highest BCUT2D eigenvalue weighted by molar-refractivity contribution is 4.86. The lowest BCUT2D eigenvalue weighted by molar-refractivity contribution is -0.0665. The zero-order chi connectivity index (χ0) is 11.5. The van der Waals surface area contributed by atoms with Gasteiger partial charge in [0.2, 0.25) is 0 Å². The van der Waals surface area contributed by atoms with E-state index in [2.05, 4.69) is 13.8 Å². The molecule has 5 unspecified atom stereocenters. The average molecular weight is 227 g/mol. The molecule has 2 fully saturated rings. The lowest BCUT2D eigenvalue weighted by Gasteiger charge is -2.37. The van der Waals surface area contributed by atoms with Crippen LogP contribution in [0.4, 0.5) is 0 Å². The second-order valence-electron chi connectivity index (χ2n) is 5.65. The third kappa shape index (κ3) is 2.96. The normalized spacial score (nSPS) is 44.8. The Morgan fingerprint density at radius 1 is 1.31 bits per heavy atom. The van der Waals surface area contributed by atoms with E-state index >= 15 is 0 Å². The van der Waals surface area contributed by atoms with E-state index in [1.165, 1.54) is 12.8 Å². The Labute approximate surface area is 98.7 Å². The van der Waals surface area contributed by atoms with Crippen molar-refractivity contribution in [3.8, 4) is 0 Å². The summed E-state index contributed by atoms with van der Waals surface area (Å²) in [6, 6.07) is 0.208. The first-order chi connectivity index (χ1) is 7.66. The Hall–Kier alpha value is -0.120. The van der Waals surface area contributed by atoms with E-state index in [4.69, 9.17) is 15.2 Å². The maximum absolute atomic E-state index is 6.18. The first kappa shape index (κ1) is 12.3. The van der Waals surface area contributed by atoms with Gasteiger partial charge in [0.05, 0.1) is 18.8 Å². The van der Waals surface area contributed by atoms with Crippen molar-refractivity contribution in [3.63, 3.8) is 0 Å². The predicted octanol–water partition coefficient (Wildman–Crippen LogP) is 1.94. The molecule has 1 saturated heterocycles. The van der Waals surface area contributed by atoms with Crippen molar-refractivity contribution >= 4 is 0 Å². The maximum atomic E-state index is 6.18. The third-order valence-electron chi connectivity index (χ3n) is 3.93. The third-order valence-corrected chi connectivity index (χ3v) is 3.93. The zero-order valence-corrected chi connectivity index (χ0v) is 10.5. The Kier molecular flexibility index (Phi) is 4.22. The molecule has 2 rings (SSSR count). The molecule has 1 heterocycles. The van der Waals surface area contributed by atoms with Gasteiger partial charge >= 0.3 is 0 Å². The van der Waals surface area contributed by atoms with E-state index in [0.29, 0.717) is 12.0 Å². The molecule has 0 bridgehead atoms. The summed E-state index contributed by atoms with van der Waals surface area (Å²) < 4.78 is 11.6. The highest BCUT2D eigenvalue weighted by Gasteiger charge is 2.33. The van der Waals surface area contributed by atoms with Crippen LogP contribution in [0.1, 0.15) is 39.5 Å². The zero-order valence-electron chi connectivity index (χ0n) is 10.5. The molecular weight excluding hydrogens is 202 g/mol. The number of hydrogen-bond donors (Lipinski definition) is 1. The fourth-order valence-electron chi connectivity index (χ4n) is 3.17. The van der Waals surface area contributed by atoms with Gasteiger partial charge in [0, 0.05) is 12.6 Å². The lowest BCUT2D eigenvalue weighted by Crippen LogP contribution is -2.47. The topological polar surface area (TPSA) is 44.5 Å². The summed E-state index contributed by atoms with van der Waals surface area (Å²) in [7, 11) is 0. The van der Waals surface area contributed by atoms with Crippen LogP contribution in [0.5, 0.6) is 0 Å². The summed E-state index contributed by atoms with van der Waals surface area (Å²) in [6.45, 7) is 6.18. The van der Waals surface area contributed by atoms with Crippen molar-refractivity contribution in [3.05, 3.63) is 0 Å². The molecule has 0 radical (unpaired) electrons. The van der Waals surface area contributed by atoms with E-state index in [-0.39, 0.29) is 12.1 Å². The Morgan fingerprint density at radius 3 is 2.75 bits per heavy atom. The molecule has 1 aliphatic carbocycles. The number of hydrogen-bond acceptors (Lipinski definition) is 3. The summed E-state index contributed by atoms with van der Waals surface area (Å²) >= 11 is 0. The standard InChI is InChI=1S/C13H25NO2/c1-9-6-10(2)13(12(14)7-9)16-8-11-4-3-5-15-11/h9-13H,3-8,14H2,1-2H3. The number of rotatable bonds is 3. The number of nitrogens with two attached hydrogens (primary N) is 1. The molecular formula is C13H25NO2. The minimum absolute atomic E-state index is 0.208. The summed E-state index contributed by atoms with van der Waals surface area (Å²) in [5.41, 5.74) is 6.18. The Bertz CT molecular complexity index is 204. The van der Waals surface area contributed by atoms with Gasteiger partial charge in [-0.15, -0.1) is 0 Å². The fourth-order valence-corrected chi connectivity index (χ4v) is 3.17. The molecule has 0 aromatic heterocycles. The van der Waals surface area contributed by atoms with Crippen molar-refractivity contribution in [1.29, 1.82) is 0 Å². The van der Waals surface area contributed by atoms with Gasteiger partial charge in [0.25, 0.3) is 0 Å². The van der Waals surface area contributed by atoms with Crippen molar-refractivity contribution in [2.75, 3.05) is 13.2 Å². The van der Waals surface area contributed by atoms with Gasteiger partial charge in [-0.1, -0.05) is 13.8 Å². The predicted molar refractivity (Wildman–Crippen MR) is 64.3 cm³/mol. The van der Waals surface area contributed by atoms with E-state index in [1.54, 1.807) is 0 Å². The van der Waals surface area contributed by atoms with Crippen LogP contribution in [0.3, 0.4) is 0 Å². The summed E-state index contributed by atoms with van der Waals surface area (Å²) in [5, 5.41) is 0. The summed E-state index contributed by atoms with van der Waals surface area (Å²) in [6.07, 6.45) is 5.22. The minimum atomic E-state index is 0.208. The van der Waals surface area contributed by atoms with E-state index < -0.39 is 0 Å². The highest BCUT2D eigenvalue weighted by atomic mass is 16.5. The molecule has 0 aromatic rings. The molecule has 0 spiro atoms. The van der Waals surface area contributed by atoms with Gasteiger partial charge in [0.15, 0.2) is 0 Å². The quantitative estimate of drug-likeness (QED) is 0.801. The molecule has 3 nitrogen and oxygen atoms in total. The van der Waals surface area contributed by atoms with Crippen LogP contribution in [0, 0.1) is 11.8 Å². The molecule has 94 valence electrons. The van der Waals surface area contributed by atoms with Crippen molar-refractivity contribution in [2.24, 2.45) is 17.6 Å². The molecule has 5 atom stereocenters. The van der Waals surface area contributed by atoms with Crippen molar-refractivity contribution < 1.29 is 9.47 Å². The first-order valence-electron chi connectivity index (χ1n) is 6.65. The lowest BCUT2D eigenvalue weighted by atomic mass is 9.78. The summed E-state index contributed by atoms with van der Waals surface area (Å²) in [4.78, 5) is 0. The van der Waals surface area contributed by atoms with Crippen molar-refractivity contribution in [2.45, 2.75) is 57.8 Å². The largest absolute Gasteiger partial charge is 0.376 e. The van der Waals surface area contributed by atoms with Gasteiger partial charge in [-0.2, -0.15) is 0 Å². The monoisotopic (exact) mass is 227 g/mol.